The van der Waals surface area contributed by atoms with Gasteiger partial charge in [-0.1, -0.05) is 36.9 Å². The minimum absolute atomic E-state index is 0.0466. The van der Waals surface area contributed by atoms with E-state index in [2.05, 4.69) is 39.1 Å². The van der Waals surface area contributed by atoms with Crippen molar-refractivity contribution in [3.63, 3.8) is 0 Å². The van der Waals surface area contributed by atoms with Crippen LogP contribution < -0.4 is 5.32 Å². The summed E-state index contributed by atoms with van der Waals surface area (Å²) in [5.74, 6) is 0.0466. The molecule has 0 bridgehead atoms. The van der Waals surface area contributed by atoms with Crippen molar-refractivity contribution in [1.29, 1.82) is 0 Å². The van der Waals surface area contributed by atoms with E-state index >= 15 is 0 Å². The van der Waals surface area contributed by atoms with Crippen molar-refractivity contribution in [3.05, 3.63) is 24.3 Å². The number of amides is 1. The van der Waals surface area contributed by atoms with Gasteiger partial charge in [0.2, 0.25) is 11.1 Å². The maximum atomic E-state index is 12.2. The Kier molecular flexibility index (Phi) is 4.33. The number of nitrogens with zero attached hydrogens (tertiary/aromatic N) is 4. The first kappa shape index (κ1) is 16.3. The highest BCUT2D eigenvalue weighted by atomic mass is 32.2. The summed E-state index contributed by atoms with van der Waals surface area (Å²) in [6.45, 7) is 4.91. The monoisotopic (exact) mass is 355 g/mol. The molecular formula is C18H21N5OS. The van der Waals surface area contributed by atoms with Gasteiger partial charge in [-0.2, -0.15) is 0 Å². The van der Waals surface area contributed by atoms with Gasteiger partial charge in [0, 0.05) is 18.0 Å². The van der Waals surface area contributed by atoms with Gasteiger partial charge >= 0.3 is 0 Å². The number of para-hydroxylation sites is 1. The number of carbonyl (C=O) groups is 1. The van der Waals surface area contributed by atoms with Gasteiger partial charge in [-0.15, -0.1) is 10.2 Å². The van der Waals surface area contributed by atoms with E-state index < -0.39 is 0 Å². The summed E-state index contributed by atoms with van der Waals surface area (Å²) in [5, 5.41) is 13.1. The van der Waals surface area contributed by atoms with Crippen LogP contribution in [0.5, 0.6) is 0 Å². The van der Waals surface area contributed by atoms with Gasteiger partial charge < -0.3 is 9.88 Å². The van der Waals surface area contributed by atoms with Crippen LogP contribution in [0.3, 0.4) is 0 Å². The predicted molar refractivity (Wildman–Crippen MR) is 99.6 cm³/mol. The minimum atomic E-state index is -0.233. The first-order valence-corrected chi connectivity index (χ1v) is 9.64. The molecule has 6 nitrogen and oxygen atoms in total. The molecule has 25 heavy (non-hydrogen) atoms. The van der Waals surface area contributed by atoms with Crippen molar-refractivity contribution in [2.24, 2.45) is 0 Å². The van der Waals surface area contributed by atoms with Crippen molar-refractivity contribution >= 4 is 39.7 Å². The van der Waals surface area contributed by atoms with Crippen molar-refractivity contribution in [3.8, 4) is 0 Å². The number of aromatic nitrogens is 4. The van der Waals surface area contributed by atoms with E-state index in [1.807, 2.05) is 19.1 Å². The molecule has 2 aromatic heterocycles. The van der Waals surface area contributed by atoms with Crippen LogP contribution in [0.4, 0.5) is 0 Å². The molecule has 2 heterocycles. The molecule has 1 aliphatic rings. The standard InChI is InChI=1S/C18H21N5OS/c1-3-10-23-14-7-5-4-6-13(14)15-16(23)20-18(22-21-15)25-11(2)17(24)19-12-8-9-12/h4-7,11-12H,3,8-10H2,1-2H3,(H,19,24). The first-order valence-electron chi connectivity index (χ1n) is 8.76. The molecule has 1 aliphatic carbocycles. The summed E-state index contributed by atoms with van der Waals surface area (Å²) in [6.07, 6.45) is 3.19. The number of hydrogen-bond acceptors (Lipinski definition) is 5. The summed E-state index contributed by atoms with van der Waals surface area (Å²) in [7, 11) is 0. The number of rotatable bonds is 6. The smallest absolute Gasteiger partial charge is 0.233 e. The summed E-state index contributed by atoms with van der Waals surface area (Å²) in [4.78, 5) is 16.9. The second-order valence-corrected chi connectivity index (χ2v) is 7.79. The lowest BCUT2D eigenvalue weighted by Gasteiger charge is -2.10. The molecule has 0 radical (unpaired) electrons. The van der Waals surface area contributed by atoms with E-state index in [-0.39, 0.29) is 11.2 Å². The molecule has 4 rings (SSSR count). The van der Waals surface area contributed by atoms with Gasteiger partial charge in [0.15, 0.2) is 5.65 Å². The summed E-state index contributed by atoms with van der Waals surface area (Å²) >= 11 is 1.36. The van der Waals surface area contributed by atoms with Gasteiger partial charge in [0.25, 0.3) is 0 Å². The fourth-order valence-electron chi connectivity index (χ4n) is 2.95. The second kappa shape index (κ2) is 6.63. The maximum Gasteiger partial charge on any atom is 0.233 e. The van der Waals surface area contributed by atoms with Crippen LogP contribution >= 0.6 is 11.8 Å². The summed E-state index contributed by atoms with van der Waals surface area (Å²) in [5.41, 5.74) is 2.79. The zero-order valence-corrected chi connectivity index (χ0v) is 15.2. The highest BCUT2D eigenvalue weighted by Crippen LogP contribution is 2.28. The Bertz CT molecular complexity index is 934. The average molecular weight is 355 g/mol. The molecule has 1 aromatic carbocycles. The molecule has 1 atom stereocenters. The van der Waals surface area contributed by atoms with Crippen LogP contribution in [0, 0.1) is 0 Å². The lowest BCUT2D eigenvalue weighted by Crippen LogP contribution is -2.32. The number of benzene rings is 1. The highest BCUT2D eigenvalue weighted by molar-refractivity contribution is 8.00. The molecular weight excluding hydrogens is 334 g/mol. The lowest BCUT2D eigenvalue weighted by molar-refractivity contribution is -0.120. The number of hydrogen-bond donors (Lipinski definition) is 1. The van der Waals surface area contributed by atoms with Gasteiger partial charge in [0.05, 0.1) is 10.8 Å². The number of aryl methyl sites for hydroxylation is 1. The van der Waals surface area contributed by atoms with E-state index in [0.717, 1.165) is 47.9 Å². The van der Waals surface area contributed by atoms with Crippen molar-refractivity contribution < 1.29 is 4.79 Å². The lowest BCUT2D eigenvalue weighted by atomic mass is 10.2. The molecule has 1 amide bonds. The largest absolute Gasteiger partial charge is 0.352 e. The topological polar surface area (TPSA) is 72.7 Å². The van der Waals surface area contributed by atoms with E-state index in [1.54, 1.807) is 0 Å². The second-order valence-electron chi connectivity index (χ2n) is 6.48. The molecule has 7 heteroatoms. The minimum Gasteiger partial charge on any atom is -0.352 e. The van der Waals surface area contributed by atoms with Crippen LogP contribution in [0.15, 0.2) is 29.4 Å². The molecule has 1 unspecified atom stereocenters. The van der Waals surface area contributed by atoms with Crippen LogP contribution in [-0.2, 0) is 11.3 Å². The Labute approximate surface area is 150 Å². The zero-order chi connectivity index (χ0) is 17.4. The summed E-state index contributed by atoms with van der Waals surface area (Å²) in [6, 6.07) is 8.54. The number of fused-ring (bicyclic) bond motifs is 3. The van der Waals surface area contributed by atoms with Crippen LogP contribution in [-0.4, -0.2) is 36.9 Å². The Balaban J connectivity index is 1.67. The highest BCUT2D eigenvalue weighted by Gasteiger charge is 2.26. The first-order chi connectivity index (χ1) is 12.2. The number of carbonyl (C=O) groups excluding carboxylic acids is 1. The molecule has 0 aliphatic heterocycles. The van der Waals surface area contributed by atoms with Crippen molar-refractivity contribution in [1.82, 2.24) is 25.1 Å². The SMILES string of the molecule is CCCn1c2ccccc2c2nnc(SC(C)C(=O)NC3CC3)nc21. The normalized spacial score (nSPS) is 15.6. The van der Waals surface area contributed by atoms with Crippen molar-refractivity contribution in [2.75, 3.05) is 0 Å². The van der Waals surface area contributed by atoms with Gasteiger partial charge in [-0.25, -0.2) is 4.98 Å². The molecule has 0 saturated heterocycles. The zero-order valence-electron chi connectivity index (χ0n) is 14.4. The Morgan fingerprint density at radius 1 is 1.36 bits per heavy atom. The molecule has 1 N–H and O–H groups in total. The van der Waals surface area contributed by atoms with Gasteiger partial charge in [-0.05, 0) is 32.3 Å². The van der Waals surface area contributed by atoms with Crippen molar-refractivity contribution in [2.45, 2.75) is 56.1 Å². The Morgan fingerprint density at radius 3 is 2.92 bits per heavy atom. The summed E-state index contributed by atoms with van der Waals surface area (Å²) < 4.78 is 2.19. The number of nitrogens with one attached hydrogen (secondary N) is 1. The van der Waals surface area contributed by atoms with Gasteiger partial charge in [-0.3, -0.25) is 4.79 Å². The molecule has 0 spiro atoms. The molecule has 130 valence electrons. The number of thioether (sulfide) groups is 1. The van der Waals surface area contributed by atoms with E-state index in [0.29, 0.717) is 11.2 Å². The van der Waals surface area contributed by atoms with Crippen LogP contribution in [0.25, 0.3) is 22.1 Å². The average Bonchev–Trinajstić information content (AvgIpc) is 3.38. The third-order valence-electron chi connectivity index (χ3n) is 4.38. The quantitative estimate of drug-likeness (QED) is 0.688. The van der Waals surface area contributed by atoms with E-state index in [4.69, 9.17) is 4.98 Å². The van der Waals surface area contributed by atoms with Crippen LogP contribution in [0.1, 0.15) is 33.1 Å². The van der Waals surface area contributed by atoms with Gasteiger partial charge in [0.1, 0.15) is 5.52 Å². The third-order valence-corrected chi connectivity index (χ3v) is 5.33. The third kappa shape index (κ3) is 3.20. The predicted octanol–water partition coefficient (Wildman–Crippen LogP) is 3.15. The molecule has 1 fully saturated rings. The van der Waals surface area contributed by atoms with Crippen LogP contribution in [0.2, 0.25) is 0 Å². The molecule has 3 aromatic rings. The Morgan fingerprint density at radius 2 is 2.16 bits per heavy atom. The van der Waals surface area contributed by atoms with E-state index in [9.17, 15) is 4.79 Å². The molecule has 1 saturated carbocycles. The fourth-order valence-corrected chi connectivity index (χ4v) is 3.67. The maximum absolute atomic E-state index is 12.2. The van der Waals surface area contributed by atoms with E-state index in [1.165, 1.54) is 11.8 Å². The Hall–Kier alpha value is -2.15. The fraction of sp³-hybridized carbons (Fsp3) is 0.444.